The molecule has 1 aliphatic carbocycles. The van der Waals surface area contributed by atoms with E-state index >= 15 is 0 Å². The summed E-state index contributed by atoms with van der Waals surface area (Å²) in [7, 11) is 0. The van der Waals surface area contributed by atoms with E-state index in [4.69, 9.17) is 5.73 Å². The van der Waals surface area contributed by atoms with E-state index in [1.54, 1.807) is 6.20 Å². The molecule has 0 spiro atoms. The summed E-state index contributed by atoms with van der Waals surface area (Å²) < 4.78 is 0. The van der Waals surface area contributed by atoms with Crippen molar-refractivity contribution in [2.75, 3.05) is 36.8 Å². The molecule has 1 aromatic rings. The summed E-state index contributed by atoms with van der Waals surface area (Å²) >= 11 is 0. The summed E-state index contributed by atoms with van der Waals surface area (Å²) in [6.45, 7) is 3.19. The molecular weight excluding hydrogens is 252 g/mol. The minimum Gasteiger partial charge on any atom is -0.396 e. The number of hydrogen-bond donors (Lipinski definition) is 1. The van der Waals surface area contributed by atoms with Crippen molar-refractivity contribution in [1.29, 1.82) is 0 Å². The van der Waals surface area contributed by atoms with Gasteiger partial charge in [-0.05, 0) is 30.9 Å². The molecule has 108 valence electrons. The number of carbonyl (C=O) groups is 1. The van der Waals surface area contributed by atoms with Gasteiger partial charge in [-0.2, -0.15) is 0 Å². The van der Waals surface area contributed by atoms with Gasteiger partial charge in [0.2, 0.25) is 5.91 Å². The third-order valence-electron chi connectivity index (χ3n) is 4.44. The lowest BCUT2D eigenvalue weighted by Gasteiger charge is -2.37. The highest BCUT2D eigenvalue weighted by Crippen LogP contribution is 2.30. The molecule has 0 atom stereocenters. The first-order valence-corrected chi connectivity index (χ1v) is 7.47. The zero-order valence-corrected chi connectivity index (χ0v) is 11.8. The van der Waals surface area contributed by atoms with Crippen molar-refractivity contribution < 1.29 is 4.79 Å². The molecule has 0 radical (unpaired) electrons. The Balaban J connectivity index is 1.54. The molecule has 1 saturated heterocycles. The minimum atomic E-state index is 0.323. The Kier molecular flexibility index (Phi) is 3.76. The van der Waals surface area contributed by atoms with Crippen LogP contribution < -0.4 is 10.6 Å². The average Bonchev–Trinajstić information content (AvgIpc) is 2.43. The topological polar surface area (TPSA) is 62.5 Å². The van der Waals surface area contributed by atoms with Crippen LogP contribution in [0.5, 0.6) is 0 Å². The van der Waals surface area contributed by atoms with Gasteiger partial charge in [0.1, 0.15) is 0 Å². The Morgan fingerprint density at radius 1 is 1.30 bits per heavy atom. The van der Waals surface area contributed by atoms with Crippen LogP contribution in [0.15, 0.2) is 18.3 Å². The first kappa shape index (κ1) is 13.2. The van der Waals surface area contributed by atoms with Gasteiger partial charge in [-0.25, -0.2) is 4.98 Å². The van der Waals surface area contributed by atoms with E-state index in [2.05, 4.69) is 9.88 Å². The zero-order chi connectivity index (χ0) is 13.9. The number of aromatic nitrogens is 1. The van der Waals surface area contributed by atoms with Crippen LogP contribution in [0.2, 0.25) is 0 Å². The summed E-state index contributed by atoms with van der Waals surface area (Å²) in [6, 6.07) is 3.72. The van der Waals surface area contributed by atoms with Crippen molar-refractivity contribution in [3.63, 3.8) is 0 Å². The SMILES string of the molecule is Nc1cccnc1N1CCN(C(=O)CC2CCC2)CC1. The number of amides is 1. The van der Waals surface area contributed by atoms with Crippen LogP contribution in [0.4, 0.5) is 11.5 Å². The molecule has 5 nitrogen and oxygen atoms in total. The van der Waals surface area contributed by atoms with Crippen LogP contribution >= 0.6 is 0 Å². The van der Waals surface area contributed by atoms with Gasteiger partial charge < -0.3 is 15.5 Å². The number of hydrogen-bond acceptors (Lipinski definition) is 4. The zero-order valence-electron chi connectivity index (χ0n) is 11.8. The predicted molar refractivity (Wildman–Crippen MR) is 79.4 cm³/mol. The number of nitrogen functional groups attached to an aromatic ring is 1. The molecule has 2 N–H and O–H groups in total. The van der Waals surface area contributed by atoms with Crippen LogP contribution in [0.25, 0.3) is 0 Å². The maximum absolute atomic E-state index is 12.2. The Morgan fingerprint density at radius 2 is 2.05 bits per heavy atom. The highest BCUT2D eigenvalue weighted by molar-refractivity contribution is 5.77. The largest absolute Gasteiger partial charge is 0.396 e. The Labute approximate surface area is 119 Å². The summed E-state index contributed by atoms with van der Waals surface area (Å²) in [6.07, 6.45) is 6.27. The highest BCUT2D eigenvalue weighted by atomic mass is 16.2. The number of nitrogens with two attached hydrogens (primary N) is 1. The molecule has 1 aromatic heterocycles. The Hall–Kier alpha value is -1.78. The number of piperazine rings is 1. The molecule has 0 unspecified atom stereocenters. The van der Waals surface area contributed by atoms with Gasteiger partial charge in [-0.3, -0.25) is 4.79 Å². The van der Waals surface area contributed by atoms with Gasteiger partial charge in [0, 0.05) is 38.8 Å². The van der Waals surface area contributed by atoms with Gasteiger partial charge in [0.15, 0.2) is 5.82 Å². The van der Waals surface area contributed by atoms with E-state index in [1.807, 2.05) is 17.0 Å². The standard InChI is InChI=1S/C15H22N4O/c16-13-5-2-6-17-15(13)19-9-7-18(8-10-19)14(20)11-12-3-1-4-12/h2,5-6,12H,1,3-4,7-11,16H2. The molecule has 5 heteroatoms. The Morgan fingerprint density at radius 3 is 2.65 bits per heavy atom. The molecule has 2 aliphatic rings. The molecule has 2 heterocycles. The third-order valence-corrected chi connectivity index (χ3v) is 4.44. The summed E-state index contributed by atoms with van der Waals surface area (Å²) in [5, 5.41) is 0. The van der Waals surface area contributed by atoms with E-state index in [0.29, 0.717) is 17.5 Å². The van der Waals surface area contributed by atoms with Crippen LogP contribution in [-0.4, -0.2) is 42.0 Å². The van der Waals surface area contributed by atoms with Gasteiger partial charge in [-0.15, -0.1) is 0 Å². The van der Waals surface area contributed by atoms with Crippen molar-refractivity contribution in [2.24, 2.45) is 5.92 Å². The number of carbonyl (C=O) groups excluding carboxylic acids is 1. The smallest absolute Gasteiger partial charge is 0.222 e. The lowest BCUT2D eigenvalue weighted by atomic mass is 9.82. The van der Waals surface area contributed by atoms with Crippen molar-refractivity contribution in [3.8, 4) is 0 Å². The molecule has 2 fully saturated rings. The van der Waals surface area contributed by atoms with Crippen molar-refractivity contribution in [3.05, 3.63) is 18.3 Å². The maximum Gasteiger partial charge on any atom is 0.222 e. The van der Waals surface area contributed by atoms with E-state index in [9.17, 15) is 4.79 Å². The van der Waals surface area contributed by atoms with Crippen molar-refractivity contribution in [1.82, 2.24) is 9.88 Å². The van der Waals surface area contributed by atoms with Gasteiger partial charge >= 0.3 is 0 Å². The first-order valence-electron chi connectivity index (χ1n) is 7.47. The molecule has 1 aliphatic heterocycles. The number of pyridine rings is 1. The molecule has 1 saturated carbocycles. The molecule has 20 heavy (non-hydrogen) atoms. The van der Waals surface area contributed by atoms with Gasteiger partial charge in [0.25, 0.3) is 0 Å². The first-order chi connectivity index (χ1) is 9.74. The van der Waals surface area contributed by atoms with E-state index in [-0.39, 0.29) is 0 Å². The predicted octanol–water partition coefficient (Wildman–Crippen LogP) is 1.50. The van der Waals surface area contributed by atoms with Crippen LogP contribution in [-0.2, 0) is 4.79 Å². The Bertz CT molecular complexity index is 479. The van der Waals surface area contributed by atoms with Gasteiger partial charge in [-0.1, -0.05) is 6.42 Å². The second-order valence-electron chi connectivity index (χ2n) is 5.79. The fourth-order valence-corrected chi connectivity index (χ4v) is 2.91. The van der Waals surface area contributed by atoms with E-state index < -0.39 is 0 Å². The highest BCUT2D eigenvalue weighted by Gasteiger charge is 2.26. The van der Waals surface area contributed by atoms with Gasteiger partial charge in [0.05, 0.1) is 5.69 Å². The summed E-state index contributed by atoms with van der Waals surface area (Å²) in [5.41, 5.74) is 6.66. The number of anilines is 2. The quantitative estimate of drug-likeness (QED) is 0.907. The lowest BCUT2D eigenvalue weighted by molar-refractivity contribution is -0.133. The molecule has 1 amide bonds. The fourth-order valence-electron chi connectivity index (χ4n) is 2.91. The third kappa shape index (κ3) is 2.71. The molecule has 0 aromatic carbocycles. The normalized spacial score (nSPS) is 19.8. The minimum absolute atomic E-state index is 0.323. The summed E-state index contributed by atoms with van der Waals surface area (Å²) in [4.78, 5) is 20.7. The summed E-state index contributed by atoms with van der Waals surface area (Å²) in [5.74, 6) is 1.81. The maximum atomic E-state index is 12.2. The second kappa shape index (κ2) is 5.69. The molecular formula is C15H22N4O. The van der Waals surface area contributed by atoms with Crippen LogP contribution in [0.3, 0.4) is 0 Å². The molecule has 0 bridgehead atoms. The lowest BCUT2D eigenvalue weighted by Crippen LogP contribution is -2.49. The number of nitrogens with zero attached hydrogens (tertiary/aromatic N) is 3. The van der Waals surface area contributed by atoms with Crippen molar-refractivity contribution >= 4 is 17.4 Å². The monoisotopic (exact) mass is 274 g/mol. The molecule has 3 rings (SSSR count). The second-order valence-corrected chi connectivity index (χ2v) is 5.79. The average molecular weight is 274 g/mol. The van der Waals surface area contributed by atoms with Crippen LogP contribution in [0, 0.1) is 5.92 Å². The van der Waals surface area contributed by atoms with Crippen LogP contribution in [0.1, 0.15) is 25.7 Å². The van der Waals surface area contributed by atoms with Crippen molar-refractivity contribution in [2.45, 2.75) is 25.7 Å². The van der Waals surface area contributed by atoms with E-state index in [1.165, 1.54) is 19.3 Å². The number of rotatable bonds is 3. The van der Waals surface area contributed by atoms with E-state index in [0.717, 1.165) is 38.4 Å². The fraction of sp³-hybridized carbons (Fsp3) is 0.600.